The van der Waals surface area contributed by atoms with E-state index in [9.17, 15) is 19.5 Å². The molecule has 6 atom stereocenters. The van der Waals surface area contributed by atoms with Crippen LogP contribution in [0.2, 0.25) is 0 Å². The average molecular weight is 594 g/mol. The molecule has 0 aliphatic carbocycles. The van der Waals surface area contributed by atoms with Crippen LogP contribution < -0.4 is 20.1 Å². The fourth-order valence-electron chi connectivity index (χ4n) is 7.33. The van der Waals surface area contributed by atoms with Gasteiger partial charge in [-0.05, 0) is 87.6 Å². The lowest BCUT2D eigenvalue weighted by molar-refractivity contribution is -0.144. The van der Waals surface area contributed by atoms with Gasteiger partial charge < -0.3 is 34.9 Å². The summed E-state index contributed by atoms with van der Waals surface area (Å²) in [5.41, 5.74) is -0.867. The largest absolute Gasteiger partial charge is 0.497 e. The van der Waals surface area contributed by atoms with E-state index in [1.54, 1.807) is 60.5 Å². The van der Waals surface area contributed by atoms with Gasteiger partial charge in [-0.15, -0.1) is 0 Å². The van der Waals surface area contributed by atoms with Crippen LogP contribution in [0.15, 0.2) is 48.5 Å². The minimum Gasteiger partial charge on any atom is -0.497 e. The predicted octanol–water partition coefficient (Wildman–Crippen LogP) is 4.23. The standard InChI is InChI=1S/C33H43N3O7/c1-5-42-25-16-12-22(13-17-25)34-29(38)26-27-31(40)36(18-8-6-7-9-19-37)28(33(27)20-21(2)32(26,3)43-33)30(39)35-23-10-14-24(41-4)15-11-23/h10-17,21,26-28,37H,5-9,18-20H2,1-4H3,(H,34,38)(H,35,39)/t21?,26-,27+,28?,32+,33?/m1/s1. The van der Waals surface area contributed by atoms with Crippen LogP contribution in [0, 0.1) is 17.8 Å². The number of ether oxygens (including phenoxy) is 3. The predicted molar refractivity (Wildman–Crippen MR) is 162 cm³/mol. The summed E-state index contributed by atoms with van der Waals surface area (Å²) in [7, 11) is 1.58. The van der Waals surface area contributed by atoms with Gasteiger partial charge in [0.1, 0.15) is 23.1 Å². The fourth-order valence-corrected chi connectivity index (χ4v) is 7.33. The van der Waals surface area contributed by atoms with Gasteiger partial charge in [0.15, 0.2) is 0 Å². The summed E-state index contributed by atoms with van der Waals surface area (Å²) >= 11 is 0. The Bertz CT molecular complexity index is 1320. The lowest BCUT2D eigenvalue weighted by Gasteiger charge is -2.36. The highest BCUT2D eigenvalue weighted by atomic mass is 16.5. The zero-order valence-corrected chi connectivity index (χ0v) is 25.4. The second-order valence-electron chi connectivity index (χ2n) is 12.0. The number of nitrogens with zero attached hydrogens (tertiary/aromatic N) is 1. The van der Waals surface area contributed by atoms with Gasteiger partial charge in [-0.25, -0.2) is 0 Å². The Kier molecular flexibility index (Phi) is 8.99. The van der Waals surface area contributed by atoms with Crippen LogP contribution in [0.25, 0.3) is 0 Å². The van der Waals surface area contributed by atoms with Crippen LogP contribution >= 0.6 is 0 Å². The molecule has 3 saturated heterocycles. The Balaban J connectivity index is 1.44. The van der Waals surface area contributed by atoms with Crippen molar-refractivity contribution in [2.75, 3.05) is 37.5 Å². The van der Waals surface area contributed by atoms with Gasteiger partial charge >= 0.3 is 0 Å². The van der Waals surface area contributed by atoms with Gasteiger partial charge in [0.25, 0.3) is 0 Å². The van der Waals surface area contributed by atoms with Crippen molar-refractivity contribution in [2.24, 2.45) is 17.8 Å². The number of anilines is 2. The van der Waals surface area contributed by atoms with Gasteiger partial charge in [0, 0.05) is 24.5 Å². The summed E-state index contributed by atoms with van der Waals surface area (Å²) in [6.07, 6.45) is 3.50. The number of fused-ring (bicyclic) bond motifs is 1. The summed E-state index contributed by atoms with van der Waals surface area (Å²) in [6.45, 7) is 6.87. The molecule has 2 aromatic rings. The number of hydrogen-bond donors (Lipinski definition) is 3. The van der Waals surface area contributed by atoms with E-state index in [2.05, 4.69) is 10.6 Å². The van der Waals surface area contributed by atoms with E-state index in [-0.39, 0.29) is 30.2 Å². The van der Waals surface area contributed by atoms with Crippen molar-refractivity contribution in [3.8, 4) is 11.5 Å². The molecular weight excluding hydrogens is 550 g/mol. The van der Waals surface area contributed by atoms with E-state index < -0.39 is 29.1 Å². The number of unbranched alkanes of at least 4 members (excludes halogenated alkanes) is 3. The van der Waals surface area contributed by atoms with Gasteiger partial charge in [-0.2, -0.15) is 0 Å². The third-order valence-corrected chi connectivity index (χ3v) is 9.44. The maximum atomic E-state index is 14.3. The molecule has 3 N–H and O–H groups in total. The van der Waals surface area contributed by atoms with Crippen LogP contribution in [0.4, 0.5) is 11.4 Å². The second kappa shape index (κ2) is 12.5. The average Bonchev–Trinajstić information content (AvgIpc) is 3.50. The maximum Gasteiger partial charge on any atom is 0.250 e. The van der Waals surface area contributed by atoms with Crippen LogP contribution in [-0.4, -0.2) is 71.8 Å². The molecule has 5 rings (SSSR count). The third kappa shape index (κ3) is 5.58. The second-order valence-corrected chi connectivity index (χ2v) is 12.0. The van der Waals surface area contributed by atoms with E-state index >= 15 is 0 Å². The molecule has 43 heavy (non-hydrogen) atoms. The smallest absolute Gasteiger partial charge is 0.250 e. The summed E-state index contributed by atoms with van der Waals surface area (Å²) in [4.78, 5) is 44.0. The van der Waals surface area contributed by atoms with Gasteiger partial charge in [0.05, 0.1) is 31.2 Å². The number of amides is 3. The van der Waals surface area contributed by atoms with Crippen LogP contribution in [0.5, 0.6) is 11.5 Å². The molecule has 3 aliphatic rings. The van der Waals surface area contributed by atoms with Crippen LogP contribution in [0.1, 0.15) is 52.9 Å². The van der Waals surface area contributed by atoms with Crippen LogP contribution in [-0.2, 0) is 19.1 Å². The molecule has 1 spiro atoms. The summed E-state index contributed by atoms with van der Waals surface area (Å²) in [5.74, 6) is -1.11. The zero-order chi connectivity index (χ0) is 30.8. The monoisotopic (exact) mass is 593 g/mol. The molecule has 0 aromatic heterocycles. The summed E-state index contributed by atoms with van der Waals surface area (Å²) in [6, 6.07) is 13.3. The zero-order valence-electron chi connectivity index (χ0n) is 25.4. The minimum atomic E-state index is -1.13. The van der Waals surface area contributed by atoms with Crippen molar-refractivity contribution < 1.29 is 33.7 Å². The van der Waals surface area contributed by atoms with E-state index in [1.807, 2.05) is 20.8 Å². The fraction of sp³-hybridized carbons (Fsp3) is 0.545. The Labute approximate surface area is 253 Å². The van der Waals surface area contributed by atoms with Crippen molar-refractivity contribution >= 4 is 29.1 Å². The number of benzene rings is 2. The number of likely N-dealkylation sites (tertiary alicyclic amines) is 1. The third-order valence-electron chi connectivity index (χ3n) is 9.44. The summed E-state index contributed by atoms with van der Waals surface area (Å²) in [5, 5.41) is 15.2. The first kappa shape index (κ1) is 30.8. The molecule has 2 bridgehead atoms. The topological polar surface area (TPSA) is 126 Å². The molecule has 232 valence electrons. The quantitative estimate of drug-likeness (QED) is 0.297. The van der Waals surface area contributed by atoms with E-state index in [0.29, 0.717) is 55.3 Å². The van der Waals surface area contributed by atoms with Crippen LogP contribution in [0.3, 0.4) is 0 Å². The highest BCUT2D eigenvalue weighted by Gasteiger charge is 2.79. The Morgan fingerprint density at radius 3 is 2.19 bits per heavy atom. The minimum absolute atomic E-state index is 0.0616. The normalized spacial score (nSPS) is 29.0. The van der Waals surface area contributed by atoms with Crippen molar-refractivity contribution in [1.29, 1.82) is 0 Å². The van der Waals surface area contributed by atoms with E-state index in [4.69, 9.17) is 14.2 Å². The maximum absolute atomic E-state index is 14.3. The molecule has 10 heteroatoms. The van der Waals surface area contributed by atoms with E-state index in [1.165, 1.54) is 0 Å². The number of aliphatic hydroxyl groups is 1. The molecule has 3 heterocycles. The first-order chi connectivity index (χ1) is 20.7. The first-order valence-corrected chi connectivity index (χ1v) is 15.3. The number of methoxy groups -OCH3 is 1. The molecule has 2 aromatic carbocycles. The number of nitrogens with one attached hydrogen (secondary N) is 2. The number of rotatable bonds is 13. The SMILES string of the molecule is CCOc1ccc(NC(=O)[C@H]2[C@H]3C(=O)N(CCCCCCO)C(C(=O)Nc4ccc(OC)cc4)C34CC(C)[C@]2(C)O4)cc1. The lowest BCUT2D eigenvalue weighted by Crippen LogP contribution is -2.54. The van der Waals surface area contributed by atoms with Crippen molar-refractivity contribution in [1.82, 2.24) is 4.90 Å². The molecular formula is C33H43N3O7. The number of carbonyl (C=O) groups excluding carboxylic acids is 3. The van der Waals surface area contributed by atoms with Crippen molar-refractivity contribution in [3.63, 3.8) is 0 Å². The molecule has 3 amide bonds. The van der Waals surface area contributed by atoms with Crippen molar-refractivity contribution in [3.05, 3.63) is 48.5 Å². The lowest BCUT2D eigenvalue weighted by atomic mass is 9.62. The molecule has 3 aliphatic heterocycles. The Hall–Kier alpha value is -3.63. The first-order valence-electron chi connectivity index (χ1n) is 15.3. The van der Waals surface area contributed by atoms with E-state index in [0.717, 1.165) is 12.8 Å². The van der Waals surface area contributed by atoms with Crippen molar-refractivity contribution in [2.45, 2.75) is 70.1 Å². The summed E-state index contributed by atoms with van der Waals surface area (Å²) < 4.78 is 17.6. The number of carbonyl (C=O) groups is 3. The highest BCUT2D eigenvalue weighted by molar-refractivity contribution is 6.05. The van der Waals surface area contributed by atoms with Gasteiger partial charge in [0.2, 0.25) is 17.7 Å². The number of aliphatic hydroxyl groups excluding tert-OH is 1. The molecule has 0 radical (unpaired) electrons. The number of hydrogen-bond acceptors (Lipinski definition) is 7. The molecule has 3 fully saturated rings. The van der Waals surface area contributed by atoms with Gasteiger partial charge in [-0.1, -0.05) is 19.8 Å². The highest BCUT2D eigenvalue weighted by Crippen LogP contribution is 2.65. The molecule has 3 unspecified atom stereocenters. The molecule has 10 nitrogen and oxygen atoms in total. The Morgan fingerprint density at radius 2 is 1.58 bits per heavy atom. The Morgan fingerprint density at radius 1 is 0.977 bits per heavy atom. The molecule has 0 saturated carbocycles. The van der Waals surface area contributed by atoms with Gasteiger partial charge in [-0.3, -0.25) is 14.4 Å².